The van der Waals surface area contributed by atoms with E-state index in [1.807, 2.05) is 35.9 Å². The van der Waals surface area contributed by atoms with Gasteiger partial charge in [-0.2, -0.15) is 0 Å². The summed E-state index contributed by atoms with van der Waals surface area (Å²) in [7, 11) is 0. The Balaban J connectivity index is 1.62. The maximum Gasteiger partial charge on any atom is 0.255 e. The van der Waals surface area contributed by atoms with Crippen molar-refractivity contribution in [3.8, 4) is 5.69 Å². The number of piperidine rings is 1. The molecule has 1 aliphatic heterocycles. The van der Waals surface area contributed by atoms with Crippen molar-refractivity contribution >= 4 is 16.9 Å². The fourth-order valence-corrected chi connectivity index (χ4v) is 3.38. The first-order valence-corrected chi connectivity index (χ1v) is 8.80. The van der Waals surface area contributed by atoms with Crippen LogP contribution in [0.3, 0.4) is 0 Å². The molecule has 0 atom stereocenters. The number of pyridine rings is 2. The largest absolute Gasteiger partial charge is 0.338 e. The molecule has 0 spiro atoms. The van der Waals surface area contributed by atoms with E-state index >= 15 is 0 Å². The fourth-order valence-electron chi connectivity index (χ4n) is 3.38. The molecule has 4 heterocycles. The predicted molar refractivity (Wildman–Crippen MR) is 98.3 cm³/mol. The van der Waals surface area contributed by atoms with Crippen LogP contribution in [0.5, 0.6) is 0 Å². The molecule has 0 aromatic carbocycles. The summed E-state index contributed by atoms with van der Waals surface area (Å²) in [6.45, 7) is 4.48. The maximum absolute atomic E-state index is 14.0. The quantitative estimate of drug-likeness (QED) is 0.707. The lowest BCUT2D eigenvalue weighted by atomic mass is 9.95. The van der Waals surface area contributed by atoms with Crippen LogP contribution in [0, 0.1) is 6.92 Å². The lowest BCUT2D eigenvalue weighted by Crippen LogP contribution is -2.43. The number of hydrogen-bond donors (Lipinski definition) is 0. The van der Waals surface area contributed by atoms with Gasteiger partial charge in [0.05, 0.1) is 17.4 Å². The van der Waals surface area contributed by atoms with Gasteiger partial charge in [0.15, 0.2) is 0 Å². The number of likely N-dealkylation sites (tertiary alicyclic amines) is 1. The summed E-state index contributed by atoms with van der Waals surface area (Å²) in [5.74, 6) is -0.0835. The Morgan fingerprint density at radius 3 is 2.69 bits per heavy atom. The number of aryl methyl sites for hydroxylation is 1. The van der Waals surface area contributed by atoms with E-state index in [0.717, 1.165) is 22.3 Å². The Morgan fingerprint density at radius 2 is 1.96 bits per heavy atom. The molecule has 1 saturated heterocycles. The molecule has 26 heavy (non-hydrogen) atoms. The third kappa shape index (κ3) is 3.07. The fraction of sp³-hybridized carbons (Fsp3) is 0.350. The predicted octanol–water partition coefficient (Wildman–Crippen LogP) is 3.69. The third-order valence-electron chi connectivity index (χ3n) is 5.01. The van der Waals surface area contributed by atoms with Gasteiger partial charge < -0.3 is 4.90 Å². The van der Waals surface area contributed by atoms with E-state index in [1.54, 1.807) is 30.4 Å². The van der Waals surface area contributed by atoms with Gasteiger partial charge in [0.2, 0.25) is 0 Å². The molecule has 0 saturated carbocycles. The summed E-state index contributed by atoms with van der Waals surface area (Å²) in [5, 5.41) is 0.893. The Morgan fingerprint density at radius 1 is 1.19 bits per heavy atom. The zero-order valence-corrected chi connectivity index (χ0v) is 14.9. The van der Waals surface area contributed by atoms with Crippen LogP contribution in [-0.2, 0) is 0 Å². The second-order valence-electron chi connectivity index (χ2n) is 7.25. The average molecular weight is 352 g/mol. The van der Waals surface area contributed by atoms with Crippen molar-refractivity contribution in [1.29, 1.82) is 0 Å². The molecule has 134 valence electrons. The number of hydrogen-bond acceptors (Lipinski definition) is 3. The number of carbonyl (C=O) groups is 1. The van der Waals surface area contributed by atoms with Crippen LogP contribution in [0.15, 0.2) is 43.0 Å². The molecular formula is C20H21FN4O. The molecule has 6 heteroatoms. The van der Waals surface area contributed by atoms with Crippen LogP contribution >= 0.6 is 0 Å². The summed E-state index contributed by atoms with van der Waals surface area (Å²) < 4.78 is 15.9. The highest BCUT2D eigenvalue weighted by Crippen LogP contribution is 2.27. The zero-order chi connectivity index (χ0) is 18.3. The van der Waals surface area contributed by atoms with Crippen LogP contribution in [0.2, 0.25) is 0 Å². The van der Waals surface area contributed by atoms with Crippen molar-refractivity contribution in [3.63, 3.8) is 0 Å². The Hall–Kier alpha value is -2.76. The van der Waals surface area contributed by atoms with Crippen molar-refractivity contribution < 1.29 is 9.18 Å². The van der Waals surface area contributed by atoms with Crippen molar-refractivity contribution in [2.45, 2.75) is 32.4 Å². The number of carbonyl (C=O) groups excluding carboxylic acids is 1. The van der Waals surface area contributed by atoms with Crippen LogP contribution in [0.25, 0.3) is 16.7 Å². The lowest BCUT2D eigenvalue weighted by Gasteiger charge is -2.34. The number of nitrogens with zero attached hydrogens (tertiary/aromatic N) is 4. The highest BCUT2D eigenvalue weighted by atomic mass is 19.1. The van der Waals surface area contributed by atoms with Crippen molar-refractivity contribution in [1.82, 2.24) is 19.4 Å². The van der Waals surface area contributed by atoms with Gasteiger partial charge >= 0.3 is 0 Å². The molecule has 0 radical (unpaired) electrons. The molecular weight excluding hydrogens is 331 g/mol. The van der Waals surface area contributed by atoms with Gasteiger partial charge in [-0.25, -0.2) is 9.37 Å². The van der Waals surface area contributed by atoms with E-state index in [2.05, 4.69) is 9.97 Å². The first-order valence-electron chi connectivity index (χ1n) is 8.80. The minimum absolute atomic E-state index is 0.0835. The summed E-state index contributed by atoms with van der Waals surface area (Å²) in [4.78, 5) is 23.2. The van der Waals surface area contributed by atoms with Crippen molar-refractivity contribution in [2.24, 2.45) is 0 Å². The third-order valence-corrected chi connectivity index (χ3v) is 5.01. The Kier molecular flexibility index (Phi) is 3.98. The number of rotatable bonds is 2. The smallest absolute Gasteiger partial charge is 0.255 e. The van der Waals surface area contributed by atoms with Crippen molar-refractivity contribution in [2.75, 3.05) is 13.1 Å². The first kappa shape index (κ1) is 16.7. The van der Waals surface area contributed by atoms with E-state index in [0.29, 0.717) is 31.5 Å². The molecule has 0 aliphatic carbocycles. The van der Waals surface area contributed by atoms with Crippen LogP contribution in [0.4, 0.5) is 4.39 Å². The summed E-state index contributed by atoms with van der Waals surface area (Å²) >= 11 is 0. The van der Waals surface area contributed by atoms with E-state index in [-0.39, 0.29) is 5.91 Å². The van der Waals surface area contributed by atoms with Crippen LogP contribution < -0.4 is 0 Å². The minimum Gasteiger partial charge on any atom is -0.338 e. The Labute approximate surface area is 151 Å². The average Bonchev–Trinajstić information content (AvgIpc) is 3.04. The summed E-state index contributed by atoms with van der Waals surface area (Å²) in [5.41, 5.74) is 2.16. The van der Waals surface area contributed by atoms with Gasteiger partial charge in [0.25, 0.3) is 5.91 Å². The SMILES string of the molecule is Cc1cncc(-n2ccc3cc(C(=O)N4CCC(C)(F)CC4)cnc32)c1. The van der Waals surface area contributed by atoms with Gasteiger partial charge in [-0.3, -0.25) is 14.3 Å². The van der Waals surface area contributed by atoms with Crippen LogP contribution in [-0.4, -0.2) is 44.1 Å². The number of alkyl halides is 1. The monoisotopic (exact) mass is 352 g/mol. The van der Waals surface area contributed by atoms with Gasteiger partial charge in [0, 0.05) is 37.1 Å². The summed E-state index contributed by atoms with van der Waals surface area (Å²) in [6, 6.07) is 5.83. The molecule has 1 amide bonds. The van der Waals surface area contributed by atoms with E-state index in [9.17, 15) is 9.18 Å². The molecule has 3 aromatic heterocycles. The second-order valence-corrected chi connectivity index (χ2v) is 7.25. The second kappa shape index (κ2) is 6.20. The number of fused-ring (bicyclic) bond motifs is 1. The van der Waals surface area contributed by atoms with Gasteiger partial charge in [-0.1, -0.05) is 0 Å². The lowest BCUT2D eigenvalue weighted by molar-refractivity contribution is 0.0504. The van der Waals surface area contributed by atoms with Crippen LogP contribution in [0.1, 0.15) is 35.7 Å². The minimum atomic E-state index is -1.17. The maximum atomic E-state index is 14.0. The standard InChI is InChI=1S/C20H21FN4O/c1-14-9-17(13-22-11-14)25-6-3-15-10-16(12-23-18(15)25)19(26)24-7-4-20(2,21)5-8-24/h3,6,9-13H,4-5,7-8H2,1-2H3. The van der Waals surface area contributed by atoms with E-state index < -0.39 is 5.67 Å². The number of aromatic nitrogens is 3. The number of halogens is 1. The first-order chi connectivity index (χ1) is 12.4. The number of amides is 1. The molecule has 1 aliphatic rings. The van der Waals surface area contributed by atoms with Crippen molar-refractivity contribution in [3.05, 3.63) is 54.1 Å². The van der Waals surface area contributed by atoms with Gasteiger partial charge in [-0.15, -0.1) is 0 Å². The highest BCUT2D eigenvalue weighted by molar-refractivity contribution is 5.97. The van der Waals surface area contributed by atoms with E-state index in [4.69, 9.17) is 0 Å². The normalized spacial score (nSPS) is 16.8. The molecule has 0 bridgehead atoms. The molecule has 0 N–H and O–H groups in total. The Bertz CT molecular complexity index is 969. The topological polar surface area (TPSA) is 51.0 Å². The van der Waals surface area contributed by atoms with Gasteiger partial charge in [-0.05, 0) is 50.5 Å². The molecule has 3 aromatic rings. The van der Waals surface area contributed by atoms with E-state index in [1.165, 1.54) is 0 Å². The molecule has 4 rings (SSSR count). The highest BCUT2D eigenvalue weighted by Gasteiger charge is 2.31. The molecule has 5 nitrogen and oxygen atoms in total. The summed E-state index contributed by atoms with van der Waals surface area (Å²) in [6.07, 6.45) is 7.89. The molecule has 1 fully saturated rings. The molecule has 0 unspecified atom stereocenters. The zero-order valence-electron chi connectivity index (χ0n) is 14.9. The van der Waals surface area contributed by atoms with Gasteiger partial charge in [0.1, 0.15) is 11.3 Å².